The van der Waals surface area contributed by atoms with E-state index in [1.807, 2.05) is 55.5 Å². The summed E-state index contributed by atoms with van der Waals surface area (Å²) in [7, 11) is 0. The number of ether oxygens (including phenoxy) is 1. The van der Waals surface area contributed by atoms with Crippen molar-refractivity contribution in [1.29, 1.82) is 0 Å². The van der Waals surface area contributed by atoms with Crippen molar-refractivity contribution in [3.8, 4) is 16.9 Å². The third-order valence-electron chi connectivity index (χ3n) is 4.46. The van der Waals surface area contributed by atoms with E-state index < -0.39 is 0 Å². The number of nitrogens with one attached hydrogen (secondary N) is 1. The highest BCUT2D eigenvalue weighted by Gasteiger charge is 2.21. The van der Waals surface area contributed by atoms with Crippen molar-refractivity contribution in [2.45, 2.75) is 13.5 Å². The normalized spacial score (nSPS) is 10.9. The van der Waals surface area contributed by atoms with Crippen LogP contribution in [0.25, 0.3) is 22.2 Å². The Hall–Kier alpha value is -3.18. The summed E-state index contributed by atoms with van der Waals surface area (Å²) < 4.78 is 6.12. The average molecular weight is 378 g/mol. The standard InChI is InChI=1S/C21H17ClN4O/c1-13-15(8-5-9-16(13)22)18-17(27-11-14-6-3-2-4-7-14)10-24-20-19(18)25-12-26-21(20)23/h2-10,12H,11H2,1H3,(H2,23,25,26)/p+1. The first-order valence-electron chi connectivity index (χ1n) is 8.52. The van der Waals surface area contributed by atoms with E-state index in [-0.39, 0.29) is 0 Å². The molecule has 0 radical (unpaired) electrons. The van der Waals surface area contributed by atoms with Crippen molar-refractivity contribution in [1.82, 2.24) is 9.97 Å². The number of nitrogens with zero attached hydrogens (tertiary/aromatic N) is 2. The van der Waals surface area contributed by atoms with Crippen LogP contribution in [0.15, 0.2) is 61.1 Å². The second-order valence-electron chi connectivity index (χ2n) is 6.20. The Kier molecular flexibility index (Phi) is 4.60. The molecule has 4 aromatic rings. The van der Waals surface area contributed by atoms with E-state index in [0.29, 0.717) is 34.2 Å². The van der Waals surface area contributed by atoms with Crippen molar-refractivity contribution in [2.24, 2.45) is 0 Å². The summed E-state index contributed by atoms with van der Waals surface area (Å²) in [5, 5.41) is 0.682. The van der Waals surface area contributed by atoms with Crippen LogP contribution in [0.5, 0.6) is 5.75 Å². The summed E-state index contributed by atoms with van der Waals surface area (Å²) in [5.41, 5.74) is 11.1. The molecule has 2 heterocycles. The Bertz CT molecular complexity index is 1120. The van der Waals surface area contributed by atoms with E-state index in [1.165, 1.54) is 0 Å². The molecule has 0 fully saturated rings. The van der Waals surface area contributed by atoms with Crippen LogP contribution < -0.4 is 15.5 Å². The molecule has 0 atom stereocenters. The number of nitrogens with two attached hydrogens (primary N) is 1. The van der Waals surface area contributed by atoms with E-state index in [1.54, 1.807) is 12.5 Å². The minimum Gasteiger partial charge on any atom is -0.486 e. The molecule has 6 heteroatoms. The van der Waals surface area contributed by atoms with Gasteiger partial charge in [-0.25, -0.2) is 9.97 Å². The second kappa shape index (κ2) is 7.21. The largest absolute Gasteiger partial charge is 0.486 e. The molecular formula is C21H18ClN4O+. The van der Waals surface area contributed by atoms with Gasteiger partial charge in [-0.3, -0.25) is 0 Å². The first-order valence-corrected chi connectivity index (χ1v) is 8.90. The Labute approximate surface area is 161 Å². The van der Waals surface area contributed by atoms with Gasteiger partial charge in [0.25, 0.3) is 0 Å². The number of hydrogen-bond donors (Lipinski definition) is 1. The lowest BCUT2D eigenvalue weighted by Gasteiger charge is -2.14. The van der Waals surface area contributed by atoms with Crippen LogP contribution >= 0.6 is 11.6 Å². The molecule has 0 spiro atoms. The zero-order valence-electron chi connectivity index (χ0n) is 14.7. The van der Waals surface area contributed by atoms with Crippen molar-refractivity contribution in [3.63, 3.8) is 0 Å². The van der Waals surface area contributed by atoms with Crippen molar-refractivity contribution in [3.05, 3.63) is 77.2 Å². The molecule has 5 nitrogen and oxygen atoms in total. The summed E-state index contributed by atoms with van der Waals surface area (Å²) in [6, 6.07) is 15.8. The van der Waals surface area contributed by atoms with Crippen molar-refractivity contribution in [2.75, 3.05) is 5.73 Å². The number of rotatable bonds is 4. The van der Waals surface area contributed by atoms with E-state index in [2.05, 4.69) is 15.0 Å². The van der Waals surface area contributed by atoms with E-state index in [9.17, 15) is 0 Å². The van der Waals surface area contributed by atoms with Gasteiger partial charge in [0, 0.05) is 5.02 Å². The molecule has 0 saturated heterocycles. The number of hydrogen-bond acceptors (Lipinski definition) is 4. The van der Waals surface area contributed by atoms with E-state index in [0.717, 1.165) is 22.3 Å². The van der Waals surface area contributed by atoms with Gasteiger partial charge in [0.1, 0.15) is 12.4 Å². The lowest BCUT2D eigenvalue weighted by molar-refractivity contribution is -0.363. The van der Waals surface area contributed by atoms with Gasteiger partial charge < -0.3 is 10.5 Å². The number of anilines is 1. The average Bonchev–Trinajstić information content (AvgIpc) is 2.69. The van der Waals surface area contributed by atoms with Gasteiger partial charge in [0.15, 0.2) is 11.0 Å². The maximum absolute atomic E-state index is 6.36. The molecule has 0 aliphatic heterocycles. The maximum Gasteiger partial charge on any atom is 0.246 e. The summed E-state index contributed by atoms with van der Waals surface area (Å²) in [5.74, 6) is 1.09. The molecule has 0 aliphatic rings. The number of aromatic amines is 1. The molecule has 4 rings (SSSR count). The van der Waals surface area contributed by atoms with Gasteiger partial charge in [-0.15, -0.1) is 4.98 Å². The van der Waals surface area contributed by atoms with Gasteiger partial charge in [-0.2, -0.15) is 0 Å². The molecule has 2 aromatic heterocycles. The van der Waals surface area contributed by atoms with Crippen molar-refractivity contribution < 1.29 is 9.72 Å². The summed E-state index contributed by atoms with van der Waals surface area (Å²) >= 11 is 6.36. The third-order valence-corrected chi connectivity index (χ3v) is 4.87. The molecule has 27 heavy (non-hydrogen) atoms. The Morgan fingerprint density at radius 1 is 1.04 bits per heavy atom. The second-order valence-corrected chi connectivity index (χ2v) is 6.60. The molecule has 0 amide bonds. The minimum absolute atomic E-state index is 0.426. The van der Waals surface area contributed by atoms with Gasteiger partial charge in [0.2, 0.25) is 12.1 Å². The van der Waals surface area contributed by atoms with E-state index >= 15 is 0 Å². The lowest BCUT2D eigenvalue weighted by Crippen LogP contribution is -2.12. The summed E-state index contributed by atoms with van der Waals surface area (Å²) in [6.07, 6.45) is 3.25. The number of fused-ring (bicyclic) bond motifs is 1. The number of halogens is 1. The van der Waals surface area contributed by atoms with Crippen LogP contribution in [0.1, 0.15) is 11.1 Å². The Morgan fingerprint density at radius 3 is 2.67 bits per heavy atom. The van der Waals surface area contributed by atoms with Gasteiger partial charge in [-0.1, -0.05) is 54.1 Å². The molecule has 134 valence electrons. The van der Waals surface area contributed by atoms with Crippen LogP contribution in [0.2, 0.25) is 5.02 Å². The Balaban J connectivity index is 1.89. The number of nitrogen functional groups attached to an aromatic ring is 1. The molecular weight excluding hydrogens is 360 g/mol. The molecule has 3 N–H and O–H groups in total. The minimum atomic E-state index is 0.426. The summed E-state index contributed by atoms with van der Waals surface area (Å²) in [6.45, 7) is 2.40. The zero-order chi connectivity index (χ0) is 18.8. The number of pyridine rings is 1. The monoisotopic (exact) mass is 377 g/mol. The summed E-state index contributed by atoms with van der Waals surface area (Å²) in [4.78, 5) is 11.8. The highest BCUT2D eigenvalue weighted by molar-refractivity contribution is 6.31. The van der Waals surface area contributed by atoms with Crippen LogP contribution in [0.4, 0.5) is 5.82 Å². The predicted molar refractivity (Wildman–Crippen MR) is 106 cm³/mol. The third kappa shape index (κ3) is 3.29. The topological polar surface area (TPSA) is 75.2 Å². The molecule has 0 bridgehead atoms. The van der Waals surface area contributed by atoms with Crippen molar-refractivity contribution >= 4 is 28.5 Å². The smallest absolute Gasteiger partial charge is 0.246 e. The molecule has 0 unspecified atom stereocenters. The fourth-order valence-corrected chi connectivity index (χ4v) is 3.20. The van der Waals surface area contributed by atoms with E-state index in [4.69, 9.17) is 22.1 Å². The SMILES string of the molecule is Cc1c(Cl)cccc1-c1c(OCc2ccccc2)cnc2c(N)[nH+]cnc12. The van der Waals surface area contributed by atoms with Gasteiger partial charge >= 0.3 is 0 Å². The predicted octanol–water partition coefficient (Wildman–Crippen LogP) is 4.23. The lowest BCUT2D eigenvalue weighted by atomic mass is 9.99. The maximum atomic E-state index is 6.36. The molecule has 0 aliphatic carbocycles. The molecule has 2 aromatic carbocycles. The zero-order valence-corrected chi connectivity index (χ0v) is 15.5. The fourth-order valence-electron chi connectivity index (χ4n) is 3.02. The number of benzene rings is 2. The first-order chi connectivity index (χ1) is 13.1. The highest BCUT2D eigenvalue weighted by atomic mass is 35.5. The van der Waals surface area contributed by atoms with Gasteiger partial charge in [0.05, 0.1) is 11.8 Å². The van der Waals surface area contributed by atoms with Gasteiger partial charge in [-0.05, 0) is 29.7 Å². The number of aromatic nitrogens is 3. The quantitative estimate of drug-likeness (QED) is 0.577. The van der Waals surface area contributed by atoms with Crippen LogP contribution in [-0.2, 0) is 6.61 Å². The Morgan fingerprint density at radius 2 is 1.85 bits per heavy atom. The van der Waals surface area contributed by atoms with Crippen LogP contribution in [-0.4, -0.2) is 9.97 Å². The van der Waals surface area contributed by atoms with Crippen LogP contribution in [0.3, 0.4) is 0 Å². The number of H-pyrrole nitrogens is 1. The fraction of sp³-hybridized carbons (Fsp3) is 0.0952. The van der Waals surface area contributed by atoms with Crippen LogP contribution in [0, 0.1) is 6.92 Å². The first kappa shape index (κ1) is 17.2. The molecule has 0 saturated carbocycles. The highest BCUT2D eigenvalue weighted by Crippen LogP contribution is 2.39.